The summed E-state index contributed by atoms with van der Waals surface area (Å²) < 4.78 is 55.4. The molecule has 1 amide bonds. The Balaban J connectivity index is 2.13. The summed E-state index contributed by atoms with van der Waals surface area (Å²) in [5.41, 5.74) is 3.45. The van der Waals surface area contributed by atoms with E-state index in [-0.39, 0.29) is 27.6 Å². The standard InChI is InChI=1S/C22H22F4N4OS/c1-11-17(9-8-16(27)18(11)22(24,25)26)29-19(31)21(3,4)30(20(29)32)13-6-7-14(12(2)28-5)15(23)10-13/h6-10,28H,2,27H2,1,3-5H3. The third kappa shape index (κ3) is 3.58. The van der Waals surface area contributed by atoms with Crippen molar-refractivity contribution in [1.29, 1.82) is 0 Å². The highest BCUT2D eigenvalue weighted by molar-refractivity contribution is 7.81. The molecule has 3 rings (SSSR count). The van der Waals surface area contributed by atoms with Crippen LogP contribution in [0.3, 0.4) is 0 Å². The number of nitrogens with two attached hydrogens (primary N) is 1. The monoisotopic (exact) mass is 466 g/mol. The van der Waals surface area contributed by atoms with E-state index in [1.807, 2.05) is 0 Å². The zero-order chi connectivity index (χ0) is 24.2. The van der Waals surface area contributed by atoms with Gasteiger partial charge >= 0.3 is 6.18 Å². The highest BCUT2D eigenvalue weighted by atomic mass is 32.1. The first-order valence-electron chi connectivity index (χ1n) is 9.55. The van der Waals surface area contributed by atoms with Gasteiger partial charge < -0.3 is 16.0 Å². The van der Waals surface area contributed by atoms with Gasteiger partial charge in [-0.1, -0.05) is 6.58 Å². The first-order valence-corrected chi connectivity index (χ1v) is 9.96. The van der Waals surface area contributed by atoms with E-state index >= 15 is 0 Å². The van der Waals surface area contributed by atoms with Crippen molar-refractivity contribution in [3.05, 3.63) is 59.4 Å². The van der Waals surface area contributed by atoms with Crippen LogP contribution in [0, 0.1) is 12.7 Å². The first kappa shape index (κ1) is 23.5. The van der Waals surface area contributed by atoms with Gasteiger partial charge in [-0.3, -0.25) is 9.69 Å². The maximum absolute atomic E-state index is 14.7. The van der Waals surface area contributed by atoms with E-state index in [0.717, 1.165) is 11.0 Å². The fourth-order valence-electron chi connectivity index (χ4n) is 3.80. The molecule has 0 aliphatic carbocycles. The normalized spacial score (nSPS) is 16.0. The Kier molecular flexibility index (Phi) is 5.71. The molecule has 0 unspecified atom stereocenters. The maximum Gasteiger partial charge on any atom is 0.418 e. The zero-order valence-corrected chi connectivity index (χ0v) is 18.7. The number of nitrogens with one attached hydrogen (secondary N) is 1. The number of nitrogens with zero attached hydrogens (tertiary/aromatic N) is 2. The highest BCUT2D eigenvalue weighted by Crippen LogP contribution is 2.43. The first-order chi connectivity index (χ1) is 14.7. The van der Waals surface area contributed by atoms with Gasteiger partial charge in [-0.15, -0.1) is 0 Å². The molecule has 0 aromatic heterocycles. The van der Waals surface area contributed by atoms with Crippen molar-refractivity contribution >= 4 is 46.0 Å². The zero-order valence-electron chi connectivity index (χ0n) is 17.9. The third-order valence-electron chi connectivity index (χ3n) is 5.50. The second-order valence-corrected chi connectivity index (χ2v) is 8.25. The molecule has 32 heavy (non-hydrogen) atoms. The van der Waals surface area contributed by atoms with E-state index in [1.54, 1.807) is 27.0 Å². The summed E-state index contributed by atoms with van der Waals surface area (Å²) in [6.07, 6.45) is -4.71. The van der Waals surface area contributed by atoms with Crippen molar-refractivity contribution in [1.82, 2.24) is 5.32 Å². The van der Waals surface area contributed by atoms with E-state index in [2.05, 4.69) is 11.9 Å². The van der Waals surface area contributed by atoms with Crippen LogP contribution >= 0.6 is 12.2 Å². The van der Waals surface area contributed by atoms with Gasteiger partial charge in [0.2, 0.25) is 0 Å². The van der Waals surface area contributed by atoms with E-state index in [1.165, 1.54) is 30.0 Å². The number of rotatable bonds is 4. The Morgan fingerprint density at radius 1 is 1.22 bits per heavy atom. The summed E-state index contributed by atoms with van der Waals surface area (Å²) in [6, 6.07) is 6.69. The number of alkyl halides is 3. The Labute approximate surface area is 188 Å². The van der Waals surface area contributed by atoms with Crippen molar-refractivity contribution in [2.45, 2.75) is 32.5 Å². The molecule has 5 nitrogen and oxygen atoms in total. The van der Waals surface area contributed by atoms with E-state index in [4.69, 9.17) is 18.0 Å². The number of carbonyl (C=O) groups excluding carboxylic acids is 1. The second-order valence-electron chi connectivity index (χ2n) is 7.88. The second kappa shape index (κ2) is 7.77. The minimum absolute atomic E-state index is 0.0299. The van der Waals surface area contributed by atoms with Crippen LogP contribution in [0.5, 0.6) is 0 Å². The van der Waals surface area contributed by atoms with Gasteiger partial charge in [-0.2, -0.15) is 13.2 Å². The van der Waals surface area contributed by atoms with Crippen molar-refractivity contribution in [2.75, 3.05) is 22.6 Å². The topological polar surface area (TPSA) is 61.6 Å². The largest absolute Gasteiger partial charge is 0.418 e. The van der Waals surface area contributed by atoms with Crippen LogP contribution in [-0.2, 0) is 11.0 Å². The predicted molar refractivity (Wildman–Crippen MR) is 122 cm³/mol. The molecule has 0 saturated carbocycles. The number of carbonyl (C=O) groups is 1. The highest BCUT2D eigenvalue weighted by Gasteiger charge is 2.51. The molecule has 10 heteroatoms. The summed E-state index contributed by atoms with van der Waals surface area (Å²) in [5.74, 6) is -1.14. The SMILES string of the molecule is C=C(NC)c1ccc(N2C(=S)N(c3ccc(N)c(C(F)(F)F)c3C)C(=O)C2(C)C)cc1F. The Bertz CT molecular complexity index is 1140. The van der Waals surface area contributed by atoms with E-state index in [9.17, 15) is 22.4 Å². The number of anilines is 3. The van der Waals surface area contributed by atoms with Crippen LogP contribution < -0.4 is 20.9 Å². The van der Waals surface area contributed by atoms with Gasteiger partial charge in [0, 0.05) is 29.7 Å². The smallest absolute Gasteiger partial charge is 0.398 e. The fourth-order valence-corrected chi connectivity index (χ4v) is 4.32. The number of thiocarbonyl (C=S) groups is 1. The molecule has 1 aliphatic heterocycles. The van der Waals surface area contributed by atoms with E-state index < -0.39 is 34.7 Å². The summed E-state index contributed by atoms with van der Waals surface area (Å²) in [6.45, 7) is 8.10. The van der Waals surface area contributed by atoms with Crippen LogP contribution in [0.2, 0.25) is 0 Å². The summed E-state index contributed by atoms with van der Waals surface area (Å²) in [7, 11) is 1.61. The number of hydrogen-bond donors (Lipinski definition) is 2. The van der Waals surface area contributed by atoms with Gasteiger partial charge in [0.15, 0.2) is 5.11 Å². The van der Waals surface area contributed by atoms with Crippen molar-refractivity contribution in [3.63, 3.8) is 0 Å². The number of amides is 1. The Morgan fingerprint density at radius 2 is 1.84 bits per heavy atom. The average molecular weight is 467 g/mol. The summed E-state index contributed by atoms with van der Waals surface area (Å²) >= 11 is 5.50. The van der Waals surface area contributed by atoms with Crippen molar-refractivity contribution in [2.24, 2.45) is 0 Å². The molecule has 0 spiro atoms. The molecule has 2 aromatic rings. The molecule has 1 saturated heterocycles. The number of hydrogen-bond acceptors (Lipinski definition) is 4. The molecule has 0 atom stereocenters. The minimum Gasteiger partial charge on any atom is -0.398 e. The van der Waals surface area contributed by atoms with Crippen LogP contribution in [0.1, 0.15) is 30.5 Å². The molecule has 0 bridgehead atoms. The lowest BCUT2D eigenvalue weighted by atomic mass is 10.0. The van der Waals surface area contributed by atoms with Gasteiger partial charge in [-0.05, 0) is 68.9 Å². The molecule has 2 aromatic carbocycles. The van der Waals surface area contributed by atoms with E-state index in [0.29, 0.717) is 5.70 Å². The average Bonchev–Trinajstić information content (AvgIpc) is 2.85. The molecule has 3 N–H and O–H groups in total. The maximum atomic E-state index is 14.7. The minimum atomic E-state index is -4.71. The Hall–Kier alpha value is -3.14. The fraction of sp³-hybridized carbons (Fsp3) is 0.273. The molecule has 1 fully saturated rings. The Morgan fingerprint density at radius 3 is 2.38 bits per heavy atom. The van der Waals surface area contributed by atoms with Gasteiger partial charge in [0.1, 0.15) is 11.4 Å². The summed E-state index contributed by atoms with van der Waals surface area (Å²) in [4.78, 5) is 15.8. The quantitative estimate of drug-likeness (QED) is 0.384. The van der Waals surface area contributed by atoms with Crippen LogP contribution in [-0.4, -0.2) is 23.6 Å². The third-order valence-corrected chi connectivity index (χ3v) is 5.86. The molecule has 1 aliphatic rings. The van der Waals surface area contributed by atoms with Crippen molar-refractivity contribution < 1.29 is 22.4 Å². The molecular weight excluding hydrogens is 444 g/mol. The van der Waals surface area contributed by atoms with Gasteiger partial charge in [-0.25, -0.2) is 4.39 Å². The molecule has 1 heterocycles. The lowest BCUT2D eigenvalue weighted by molar-refractivity contribution is -0.137. The molecular formula is C22H22F4N4OS. The molecule has 170 valence electrons. The predicted octanol–water partition coefficient (Wildman–Crippen LogP) is 4.84. The van der Waals surface area contributed by atoms with Crippen LogP contribution in [0.25, 0.3) is 5.70 Å². The lowest BCUT2D eigenvalue weighted by Crippen LogP contribution is -2.44. The molecule has 0 radical (unpaired) electrons. The number of benzene rings is 2. The van der Waals surface area contributed by atoms with Gasteiger partial charge in [0.05, 0.1) is 11.3 Å². The van der Waals surface area contributed by atoms with Gasteiger partial charge in [0.25, 0.3) is 5.91 Å². The lowest BCUT2D eigenvalue weighted by Gasteiger charge is -2.29. The summed E-state index contributed by atoms with van der Waals surface area (Å²) in [5, 5.41) is 2.69. The number of nitrogen functional groups attached to an aromatic ring is 1. The number of halogens is 4. The van der Waals surface area contributed by atoms with Crippen LogP contribution in [0.4, 0.5) is 34.6 Å². The van der Waals surface area contributed by atoms with Crippen LogP contribution in [0.15, 0.2) is 36.9 Å². The van der Waals surface area contributed by atoms with Crippen molar-refractivity contribution in [3.8, 4) is 0 Å².